The SMILES string of the molecule is CCC(CC)N(CCCl)c1ccn2nccc2n1. The molecule has 0 amide bonds. The Balaban J connectivity index is 2.33. The summed E-state index contributed by atoms with van der Waals surface area (Å²) in [5.74, 6) is 1.60. The molecule has 0 aromatic carbocycles. The van der Waals surface area contributed by atoms with Crippen LogP contribution in [0.25, 0.3) is 5.65 Å². The number of anilines is 1. The van der Waals surface area contributed by atoms with E-state index in [-0.39, 0.29) is 0 Å². The van der Waals surface area contributed by atoms with E-state index < -0.39 is 0 Å². The highest BCUT2D eigenvalue weighted by Gasteiger charge is 2.16. The second kappa shape index (κ2) is 6.05. The van der Waals surface area contributed by atoms with Gasteiger partial charge in [-0.1, -0.05) is 13.8 Å². The number of halogens is 1. The summed E-state index contributed by atoms with van der Waals surface area (Å²) in [4.78, 5) is 6.93. The van der Waals surface area contributed by atoms with Gasteiger partial charge in [0.05, 0.1) is 6.20 Å². The van der Waals surface area contributed by atoms with Crippen molar-refractivity contribution >= 4 is 23.1 Å². The van der Waals surface area contributed by atoms with E-state index in [1.54, 1.807) is 10.7 Å². The van der Waals surface area contributed by atoms with Crippen LogP contribution in [0.15, 0.2) is 24.5 Å². The Labute approximate surface area is 113 Å². The summed E-state index contributed by atoms with van der Waals surface area (Å²) in [7, 11) is 0. The van der Waals surface area contributed by atoms with Crippen molar-refractivity contribution in [3.05, 3.63) is 24.5 Å². The molecule has 0 saturated carbocycles. The minimum Gasteiger partial charge on any atom is -0.352 e. The monoisotopic (exact) mass is 266 g/mol. The van der Waals surface area contributed by atoms with E-state index in [1.165, 1.54) is 0 Å². The molecule has 0 atom stereocenters. The number of alkyl halides is 1. The molecule has 4 nitrogen and oxygen atoms in total. The summed E-state index contributed by atoms with van der Waals surface area (Å²) in [6.45, 7) is 5.23. The van der Waals surface area contributed by atoms with Crippen LogP contribution in [0, 0.1) is 0 Å². The van der Waals surface area contributed by atoms with Gasteiger partial charge in [0.15, 0.2) is 5.65 Å². The van der Waals surface area contributed by atoms with Gasteiger partial charge in [-0.15, -0.1) is 11.6 Å². The first-order valence-corrected chi connectivity index (χ1v) is 6.96. The molecule has 18 heavy (non-hydrogen) atoms. The Hall–Kier alpha value is -1.29. The maximum Gasteiger partial charge on any atom is 0.157 e. The van der Waals surface area contributed by atoms with Crippen molar-refractivity contribution in [3.8, 4) is 0 Å². The van der Waals surface area contributed by atoms with Gasteiger partial charge in [0, 0.05) is 30.7 Å². The normalized spacial score (nSPS) is 11.3. The Bertz CT molecular complexity index is 492. The first-order chi connectivity index (χ1) is 8.80. The molecule has 0 aliphatic rings. The molecule has 2 heterocycles. The number of hydrogen-bond donors (Lipinski definition) is 0. The first kappa shape index (κ1) is 13.1. The third kappa shape index (κ3) is 2.58. The Morgan fingerprint density at radius 2 is 2.11 bits per heavy atom. The molecule has 5 heteroatoms. The standard InChI is InChI=1S/C13H19ClN4/c1-3-11(4-2)17(10-7-14)12-6-9-18-13(16-12)5-8-15-18/h5-6,8-9,11H,3-4,7,10H2,1-2H3. The highest BCUT2D eigenvalue weighted by molar-refractivity contribution is 6.18. The summed E-state index contributed by atoms with van der Waals surface area (Å²) < 4.78 is 1.77. The second-order valence-corrected chi connectivity index (χ2v) is 4.65. The number of nitrogens with zero attached hydrogens (tertiary/aromatic N) is 4. The molecule has 0 radical (unpaired) electrons. The zero-order valence-electron chi connectivity index (χ0n) is 10.9. The number of hydrogen-bond acceptors (Lipinski definition) is 3. The quantitative estimate of drug-likeness (QED) is 0.754. The largest absolute Gasteiger partial charge is 0.352 e. The molecule has 0 saturated heterocycles. The molecule has 0 aliphatic heterocycles. The zero-order valence-corrected chi connectivity index (χ0v) is 11.6. The second-order valence-electron chi connectivity index (χ2n) is 4.27. The number of rotatable bonds is 6. The lowest BCUT2D eigenvalue weighted by atomic mass is 10.1. The molecule has 0 N–H and O–H groups in total. The maximum absolute atomic E-state index is 5.91. The molecular formula is C13H19ClN4. The lowest BCUT2D eigenvalue weighted by Crippen LogP contribution is -2.36. The van der Waals surface area contributed by atoms with Crippen molar-refractivity contribution < 1.29 is 0 Å². The number of fused-ring (bicyclic) bond motifs is 1. The summed E-state index contributed by atoms with van der Waals surface area (Å²) in [6, 6.07) is 4.40. The van der Waals surface area contributed by atoms with Crippen LogP contribution >= 0.6 is 11.6 Å². The molecule has 0 aliphatic carbocycles. The fourth-order valence-electron chi connectivity index (χ4n) is 2.27. The van der Waals surface area contributed by atoms with Crippen LogP contribution in [0.4, 0.5) is 5.82 Å². The third-order valence-electron chi connectivity index (χ3n) is 3.25. The number of aromatic nitrogens is 3. The Kier molecular flexibility index (Phi) is 4.42. The van der Waals surface area contributed by atoms with E-state index in [9.17, 15) is 0 Å². The smallest absolute Gasteiger partial charge is 0.157 e. The first-order valence-electron chi connectivity index (χ1n) is 6.43. The summed E-state index contributed by atoms with van der Waals surface area (Å²) >= 11 is 5.91. The van der Waals surface area contributed by atoms with Crippen molar-refractivity contribution in [2.45, 2.75) is 32.7 Å². The molecule has 0 fully saturated rings. The zero-order chi connectivity index (χ0) is 13.0. The Morgan fingerprint density at radius 3 is 2.78 bits per heavy atom. The summed E-state index contributed by atoms with van der Waals surface area (Å²) in [5, 5.41) is 4.16. The molecule has 0 unspecified atom stereocenters. The summed E-state index contributed by atoms with van der Waals surface area (Å²) in [6.07, 6.45) is 5.90. The van der Waals surface area contributed by atoms with E-state index in [1.807, 2.05) is 18.3 Å². The van der Waals surface area contributed by atoms with Gasteiger partial charge in [-0.2, -0.15) is 5.10 Å². The average Bonchev–Trinajstić information content (AvgIpc) is 2.86. The van der Waals surface area contributed by atoms with E-state index in [0.29, 0.717) is 11.9 Å². The van der Waals surface area contributed by atoms with Crippen molar-refractivity contribution in [1.29, 1.82) is 0 Å². The van der Waals surface area contributed by atoms with Crippen LogP contribution < -0.4 is 4.90 Å². The lowest BCUT2D eigenvalue weighted by Gasteiger charge is -2.31. The molecule has 2 aromatic rings. The van der Waals surface area contributed by atoms with Crippen molar-refractivity contribution in [2.75, 3.05) is 17.3 Å². The third-order valence-corrected chi connectivity index (χ3v) is 3.42. The summed E-state index contributed by atoms with van der Waals surface area (Å²) in [5.41, 5.74) is 0.873. The average molecular weight is 267 g/mol. The molecular weight excluding hydrogens is 248 g/mol. The molecule has 2 aromatic heterocycles. The van der Waals surface area contributed by atoms with Crippen LogP contribution in [0.5, 0.6) is 0 Å². The minimum absolute atomic E-state index is 0.488. The van der Waals surface area contributed by atoms with E-state index in [4.69, 9.17) is 11.6 Å². The molecule has 0 spiro atoms. The van der Waals surface area contributed by atoms with Crippen molar-refractivity contribution in [2.24, 2.45) is 0 Å². The minimum atomic E-state index is 0.488. The topological polar surface area (TPSA) is 33.4 Å². The van der Waals surface area contributed by atoms with E-state index >= 15 is 0 Å². The molecule has 0 bridgehead atoms. The predicted molar refractivity (Wildman–Crippen MR) is 75.4 cm³/mol. The van der Waals surface area contributed by atoms with Gasteiger partial charge in [0.1, 0.15) is 5.82 Å². The van der Waals surface area contributed by atoms with Crippen LogP contribution in [0.3, 0.4) is 0 Å². The van der Waals surface area contributed by atoms with Crippen molar-refractivity contribution in [1.82, 2.24) is 14.6 Å². The van der Waals surface area contributed by atoms with Gasteiger partial charge in [0.2, 0.25) is 0 Å². The van der Waals surface area contributed by atoms with Crippen molar-refractivity contribution in [3.63, 3.8) is 0 Å². The Morgan fingerprint density at radius 1 is 1.33 bits per heavy atom. The van der Waals surface area contributed by atoms with E-state index in [0.717, 1.165) is 30.9 Å². The molecule has 2 rings (SSSR count). The van der Waals surface area contributed by atoms with E-state index in [2.05, 4.69) is 28.8 Å². The lowest BCUT2D eigenvalue weighted by molar-refractivity contribution is 0.562. The van der Waals surface area contributed by atoms with Gasteiger partial charge in [-0.3, -0.25) is 0 Å². The highest BCUT2D eigenvalue weighted by atomic mass is 35.5. The van der Waals surface area contributed by atoms with Crippen LogP contribution in [0.2, 0.25) is 0 Å². The van der Waals surface area contributed by atoms with Gasteiger partial charge in [-0.25, -0.2) is 9.50 Å². The predicted octanol–water partition coefficient (Wildman–Crippen LogP) is 2.96. The fraction of sp³-hybridized carbons (Fsp3) is 0.538. The van der Waals surface area contributed by atoms with Gasteiger partial charge >= 0.3 is 0 Å². The van der Waals surface area contributed by atoms with Gasteiger partial charge in [0.25, 0.3) is 0 Å². The van der Waals surface area contributed by atoms with Gasteiger partial charge in [-0.05, 0) is 18.9 Å². The highest BCUT2D eigenvalue weighted by Crippen LogP contribution is 2.19. The van der Waals surface area contributed by atoms with Crippen LogP contribution in [-0.2, 0) is 0 Å². The maximum atomic E-state index is 5.91. The molecule has 98 valence electrons. The van der Waals surface area contributed by atoms with Crippen LogP contribution in [-0.4, -0.2) is 33.1 Å². The van der Waals surface area contributed by atoms with Crippen LogP contribution in [0.1, 0.15) is 26.7 Å². The van der Waals surface area contributed by atoms with Gasteiger partial charge < -0.3 is 4.90 Å². The fourth-order valence-corrected chi connectivity index (χ4v) is 2.45.